The van der Waals surface area contributed by atoms with Crippen molar-refractivity contribution in [3.63, 3.8) is 0 Å². The van der Waals surface area contributed by atoms with Gasteiger partial charge in [0.25, 0.3) is 0 Å². The summed E-state index contributed by atoms with van der Waals surface area (Å²) in [6.45, 7) is 8.92. The van der Waals surface area contributed by atoms with Gasteiger partial charge in [-0.1, -0.05) is 13.0 Å². The van der Waals surface area contributed by atoms with Crippen LogP contribution in [0.2, 0.25) is 0 Å². The summed E-state index contributed by atoms with van der Waals surface area (Å²) in [5, 5.41) is 0. The lowest BCUT2D eigenvalue weighted by Gasteiger charge is -2.28. The van der Waals surface area contributed by atoms with Crippen molar-refractivity contribution in [2.24, 2.45) is 16.6 Å². The third-order valence-corrected chi connectivity index (χ3v) is 4.10. The molecule has 1 atom stereocenters. The van der Waals surface area contributed by atoms with E-state index < -0.39 is 0 Å². The van der Waals surface area contributed by atoms with Crippen molar-refractivity contribution in [3.8, 4) is 0 Å². The maximum Gasteiger partial charge on any atom is 0.164 e. The number of carbonyl (C=O) groups excluding carboxylic acids is 1. The lowest BCUT2D eigenvalue weighted by atomic mass is 10.0. The highest BCUT2D eigenvalue weighted by Gasteiger charge is 2.38. The van der Waals surface area contributed by atoms with Gasteiger partial charge >= 0.3 is 0 Å². The summed E-state index contributed by atoms with van der Waals surface area (Å²) in [5.41, 5.74) is 8.86. The number of ketones is 1. The van der Waals surface area contributed by atoms with Crippen molar-refractivity contribution < 1.29 is 4.79 Å². The largest absolute Gasteiger partial charge is 0.363 e. The molecule has 0 bridgehead atoms. The Bertz CT molecular complexity index is 512. The number of aliphatic imine (C=N–C) groups is 1. The SMILES string of the molecule is C=N/C=C\C1=C(C(=O)C2CC2)CN(C(C)CN)/C1=C\CC. The molecule has 1 fully saturated rings. The monoisotopic (exact) mass is 287 g/mol. The molecule has 1 unspecified atom stereocenters. The van der Waals surface area contributed by atoms with Crippen LogP contribution in [0.3, 0.4) is 0 Å². The number of hydrogen-bond acceptors (Lipinski definition) is 4. The summed E-state index contributed by atoms with van der Waals surface area (Å²) in [5.74, 6) is 0.531. The van der Waals surface area contributed by atoms with E-state index in [1.165, 1.54) is 0 Å². The van der Waals surface area contributed by atoms with Crippen LogP contribution in [0.15, 0.2) is 40.2 Å². The van der Waals surface area contributed by atoms with Gasteiger partial charge in [0.05, 0.1) is 0 Å². The zero-order valence-electron chi connectivity index (χ0n) is 13.0. The van der Waals surface area contributed by atoms with Gasteiger partial charge in [-0.15, -0.1) is 0 Å². The first-order chi connectivity index (χ1) is 10.1. The number of nitrogens with two attached hydrogens (primary N) is 1. The quantitative estimate of drug-likeness (QED) is 0.732. The molecule has 0 aromatic rings. The van der Waals surface area contributed by atoms with Gasteiger partial charge in [0.1, 0.15) is 0 Å². The van der Waals surface area contributed by atoms with Crippen molar-refractivity contribution in [2.45, 2.75) is 39.2 Å². The zero-order valence-corrected chi connectivity index (χ0v) is 13.0. The molecule has 4 heteroatoms. The summed E-state index contributed by atoms with van der Waals surface area (Å²) >= 11 is 0. The summed E-state index contributed by atoms with van der Waals surface area (Å²) in [4.78, 5) is 18.6. The fourth-order valence-corrected chi connectivity index (χ4v) is 2.71. The maximum atomic E-state index is 12.6. The van der Waals surface area contributed by atoms with E-state index in [4.69, 9.17) is 5.73 Å². The summed E-state index contributed by atoms with van der Waals surface area (Å²) in [6, 6.07) is 0.215. The Morgan fingerprint density at radius 2 is 2.29 bits per heavy atom. The van der Waals surface area contributed by atoms with Gasteiger partial charge in [-0.3, -0.25) is 9.79 Å². The number of carbonyl (C=O) groups is 1. The molecule has 0 saturated heterocycles. The molecule has 0 amide bonds. The van der Waals surface area contributed by atoms with Crippen LogP contribution in [0.4, 0.5) is 0 Å². The zero-order chi connectivity index (χ0) is 15.4. The van der Waals surface area contributed by atoms with Crippen molar-refractivity contribution in [1.29, 1.82) is 0 Å². The molecule has 114 valence electrons. The third-order valence-electron chi connectivity index (χ3n) is 4.10. The first kappa shape index (κ1) is 15.7. The molecule has 1 aliphatic heterocycles. The van der Waals surface area contributed by atoms with E-state index in [0.29, 0.717) is 18.9 Å². The van der Waals surface area contributed by atoms with Crippen molar-refractivity contribution >= 4 is 12.5 Å². The van der Waals surface area contributed by atoms with Gasteiger partial charge in [-0.05, 0) is 39.0 Å². The number of Topliss-reactive ketones (excluding diaryl/α,β-unsaturated/α-hetero) is 1. The molecule has 0 spiro atoms. The Morgan fingerprint density at radius 3 is 2.81 bits per heavy atom. The molecule has 2 aliphatic rings. The van der Waals surface area contributed by atoms with E-state index in [1.54, 1.807) is 6.20 Å². The summed E-state index contributed by atoms with van der Waals surface area (Å²) in [6.07, 6.45) is 8.72. The van der Waals surface area contributed by atoms with Crippen LogP contribution in [-0.2, 0) is 4.79 Å². The number of hydrogen-bond donors (Lipinski definition) is 1. The lowest BCUT2D eigenvalue weighted by molar-refractivity contribution is -0.116. The second kappa shape index (κ2) is 6.85. The van der Waals surface area contributed by atoms with Gasteiger partial charge in [0, 0.05) is 48.1 Å². The predicted molar refractivity (Wildman–Crippen MR) is 87.0 cm³/mol. The van der Waals surface area contributed by atoms with Crippen LogP contribution in [0.1, 0.15) is 33.1 Å². The van der Waals surface area contributed by atoms with E-state index in [2.05, 4.69) is 36.5 Å². The van der Waals surface area contributed by atoms with Crippen LogP contribution in [-0.4, -0.2) is 36.5 Å². The normalized spacial score (nSPS) is 22.4. The van der Waals surface area contributed by atoms with E-state index in [1.807, 2.05) is 6.08 Å². The Morgan fingerprint density at radius 1 is 1.57 bits per heavy atom. The molecule has 2 N–H and O–H groups in total. The lowest BCUT2D eigenvalue weighted by Crippen LogP contribution is -2.36. The molecule has 21 heavy (non-hydrogen) atoms. The highest BCUT2D eigenvalue weighted by Crippen LogP contribution is 2.38. The number of rotatable bonds is 7. The molecular formula is C17H25N3O. The fraction of sp³-hybridized carbons (Fsp3) is 0.529. The van der Waals surface area contributed by atoms with Gasteiger partial charge in [0.15, 0.2) is 5.78 Å². The van der Waals surface area contributed by atoms with E-state index in [-0.39, 0.29) is 12.0 Å². The van der Waals surface area contributed by atoms with Crippen LogP contribution < -0.4 is 5.73 Å². The summed E-state index contributed by atoms with van der Waals surface area (Å²) < 4.78 is 0. The van der Waals surface area contributed by atoms with Crippen LogP contribution >= 0.6 is 0 Å². The van der Waals surface area contributed by atoms with Crippen molar-refractivity contribution in [1.82, 2.24) is 4.90 Å². The Kier molecular flexibility index (Phi) is 5.12. The molecule has 0 aromatic heterocycles. The van der Waals surface area contributed by atoms with Gasteiger partial charge < -0.3 is 10.6 Å². The third kappa shape index (κ3) is 3.32. The second-order valence-electron chi connectivity index (χ2n) is 5.74. The van der Waals surface area contributed by atoms with Crippen molar-refractivity contribution in [3.05, 3.63) is 35.2 Å². The average molecular weight is 287 g/mol. The Balaban J connectivity index is 2.40. The topological polar surface area (TPSA) is 58.7 Å². The van der Waals surface area contributed by atoms with Crippen LogP contribution in [0.25, 0.3) is 0 Å². The minimum Gasteiger partial charge on any atom is -0.363 e. The smallest absolute Gasteiger partial charge is 0.164 e. The standard InChI is InChI=1S/C17H25N3O/c1-4-5-16-14(8-9-19-3)15(17(21)13-6-7-13)11-20(16)12(2)10-18/h5,8-9,12-13H,3-4,6-7,10-11,18H2,1-2H3/b9-8-,16-5-. The predicted octanol–water partition coefficient (Wildman–Crippen LogP) is 2.43. The van der Waals surface area contributed by atoms with E-state index >= 15 is 0 Å². The number of allylic oxidation sites excluding steroid dienone is 2. The van der Waals surface area contributed by atoms with Gasteiger partial charge in [-0.2, -0.15) is 0 Å². The van der Waals surface area contributed by atoms with Gasteiger partial charge in [0.2, 0.25) is 0 Å². The first-order valence-electron chi connectivity index (χ1n) is 7.71. The van der Waals surface area contributed by atoms with Crippen molar-refractivity contribution in [2.75, 3.05) is 13.1 Å². The molecule has 1 aliphatic carbocycles. The minimum atomic E-state index is 0.215. The molecule has 0 radical (unpaired) electrons. The second-order valence-corrected chi connectivity index (χ2v) is 5.74. The number of nitrogens with zero attached hydrogens (tertiary/aromatic N) is 2. The van der Waals surface area contributed by atoms with Gasteiger partial charge in [-0.25, -0.2) is 0 Å². The van der Waals surface area contributed by atoms with Crippen LogP contribution in [0.5, 0.6) is 0 Å². The molecule has 4 nitrogen and oxygen atoms in total. The Labute approximate surface area is 127 Å². The average Bonchev–Trinajstić information content (AvgIpc) is 3.27. The maximum absolute atomic E-state index is 12.6. The molecular weight excluding hydrogens is 262 g/mol. The van der Waals surface area contributed by atoms with E-state index in [0.717, 1.165) is 36.1 Å². The molecule has 2 rings (SSSR count). The summed E-state index contributed by atoms with van der Waals surface area (Å²) in [7, 11) is 0. The van der Waals surface area contributed by atoms with Crippen LogP contribution in [0, 0.1) is 5.92 Å². The van der Waals surface area contributed by atoms with E-state index in [9.17, 15) is 4.79 Å². The molecule has 1 heterocycles. The Hall–Kier alpha value is -1.68. The molecule has 0 aromatic carbocycles. The minimum absolute atomic E-state index is 0.215. The highest BCUT2D eigenvalue weighted by atomic mass is 16.1. The first-order valence-corrected chi connectivity index (χ1v) is 7.71. The molecule has 1 saturated carbocycles. The highest BCUT2D eigenvalue weighted by molar-refractivity contribution is 6.01. The fourth-order valence-electron chi connectivity index (χ4n) is 2.71.